The van der Waals surface area contributed by atoms with E-state index in [0.717, 1.165) is 35.5 Å². The lowest BCUT2D eigenvalue weighted by Crippen LogP contribution is -2.37. The molecule has 3 heterocycles. The average molecular weight is 356 g/mol. The fourth-order valence-corrected chi connectivity index (χ4v) is 3.05. The molecule has 0 radical (unpaired) electrons. The van der Waals surface area contributed by atoms with Crippen molar-refractivity contribution in [3.05, 3.63) is 22.4 Å². The lowest BCUT2D eigenvalue weighted by Gasteiger charge is -2.31. The van der Waals surface area contributed by atoms with Crippen molar-refractivity contribution < 1.29 is 4.74 Å². The molecule has 6 nitrogen and oxygen atoms in total. The van der Waals surface area contributed by atoms with Gasteiger partial charge in [0.2, 0.25) is 5.13 Å². The highest BCUT2D eigenvalue weighted by atomic mass is 79.9. The molecule has 1 atom stereocenters. The first-order valence-corrected chi connectivity index (χ1v) is 8.10. The first kappa shape index (κ1) is 13.7. The smallest absolute Gasteiger partial charge is 0.316 e. The molecule has 2 aromatic heterocycles. The summed E-state index contributed by atoms with van der Waals surface area (Å²) in [6.07, 6.45) is 5.69. The predicted molar refractivity (Wildman–Crippen MR) is 80.1 cm³/mol. The van der Waals surface area contributed by atoms with Gasteiger partial charge in [-0.15, -0.1) is 10.2 Å². The van der Waals surface area contributed by atoms with Gasteiger partial charge >= 0.3 is 6.01 Å². The van der Waals surface area contributed by atoms with Crippen LogP contribution in [-0.2, 0) is 0 Å². The lowest BCUT2D eigenvalue weighted by atomic mass is 9.99. The maximum atomic E-state index is 5.66. The van der Waals surface area contributed by atoms with Crippen molar-refractivity contribution in [1.29, 1.82) is 0 Å². The van der Waals surface area contributed by atoms with E-state index in [-0.39, 0.29) is 0 Å². The third-order valence-electron chi connectivity index (χ3n) is 3.18. The Hall–Kier alpha value is -1.28. The molecule has 0 bridgehead atoms. The van der Waals surface area contributed by atoms with Crippen LogP contribution in [0.4, 0.5) is 5.13 Å². The maximum Gasteiger partial charge on any atom is 0.316 e. The molecular weight excluding hydrogens is 342 g/mol. The highest BCUT2D eigenvalue weighted by molar-refractivity contribution is 9.10. The van der Waals surface area contributed by atoms with Crippen molar-refractivity contribution in [1.82, 2.24) is 20.2 Å². The SMILES string of the molecule is Brc1cnc(OCC2CCCN(c3nncs3)C2)nc1. The molecule has 0 spiro atoms. The molecule has 1 aliphatic heterocycles. The number of hydrogen-bond acceptors (Lipinski definition) is 7. The number of nitrogens with zero attached hydrogens (tertiary/aromatic N) is 5. The van der Waals surface area contributed by atoms with E-state index in [1.807, 2.05) is 0 Å². The number of piperidine rings is 1. The molecule has 1 fully saturated rings. The van der Waals surface area contributed by atoms with E-state index >= 15 is 0 Å². The summed E-state index contributed by atoms with van der Waals surface area (Å²) in [6.45, 7) is 2.63. The molecular formula is C12H14BrN5OS. The average Bonchev–Trinajstić information content (AvgIpc) is 3.01. The van der Waals surface area contributed by atoms with Crippen LogP contribution in [0.2, 0.25) is 0 Å². The summed E-state index contributed by atoms with van der Waals surface area (Å²) >= 11 is 4.88. The van der Waals surface area contributed by atoms with E-state index in [1.54, 1.807) is 29.2 Å². The molecule has 0 aliphatic carbocycles. The first-order chi connectivity index (χ1) is 9.81. The van der Waals surface area contributed by atoms with Gasteiger partial charge in [0.15, 0.2) is 0 Å². The Kier molecular flexibility index (Phi) is 4.41. The number of aromatic nitrogens is 4. The van der Waals surface area contributed by atoms with E-state index in [0.29, 0.717) is 18.5 Å². The molecule has 0 N–H and O–H groups in total. The van der Waals surface area contributed by atoms with E-state index in [1.165, 1.54) is 0 Å². The summed E-state index contributed by atoms with van der Waals surface area (Å²) in [5.41, 5.74) is 1.77. The van der Waals surface area contributed by atoms with E-state index in [4.69, 9.17) is 4.74 Å². The zero-order valence-electron chi connectivity index (χ0n) is 10.8. The third-order valence-corrected chi connectivity index (χ3v) is 4.34. The predicted octanol–water partition coefficient (Wildman–Crippen LogP) is 2.39. The molecule has 0 saturated carbocycles. The van der Waals surface area contributed by atoms with Gasteiger partial charge in [0.1, 0.15) is 5.51 Å². The minimum absolute atomic E-state index is 0.432. The van der Waals surface area contributed by atoms with E-state index in [2.05, 4.69) is 41.0 Å². The summed E-state index contributed by atoms with van der Waals surface area (Å²) < 4.78 is 6.52. The monoisotopic (exact) mass is 355 g/mol. The fourth-order valence-electron chi connectivity index (χ4n) is 2.25. The molecule has 1 saturated heterocycles. The van der Waals surface area contributed by atoms with Crippen LogP contribution in [0, 0.1) is 5.92 Å². The van der Waals surface area contributed by atoms with Crippen LogP contribution in [0.5, 0.6) is 6.01 Å². The number of halogens is 1. The Labute approximate surface area is 129 Å². The molecule has 1 unspecified atom stereocenters. The van der Waals surface area contributed by atoms with Crippen LogP contribution >= 0.6 is 27.3 Å². The number of anilines is 1. The summed E-state index contributed by atoms with van der Waals surface area (Å²) in [5.74, 6) is 0.472. The first-order valence-electron chi connectivity index (χ1n) is 6.43. The second-order valence-corrected chi connectivity index (χ2v) is 6.40. The van der Waals surface area contributed by atoms with Gasteiger partial charge in [-0.1, -0.05) is 11.3 Å². The van der Waals surface area contributed by atoms with Crippen LogP contribution in [0.3, 0.4) is 0 Å². The number of hydrogen-bond donors (Lipinski definition) is 0. The van der Waals surface area contributed by atoms with Crippen LogP contribution < -0.4 is 9.64 Å². The molecule has 1 aliphatic rings. The van der Waals surface area contributed by atoms with E-state index < -0.39 is 0 Å². The Morgan fingerprint density at radius 1 is 1.40 bits per heavy atom. The molecule has 8 heteroatoms. The van der Waals surface area contributed by atoms with Crippen LogP contribution in [-0.4, -0.2) is 39.9 Å². The van der Waals surface area contributed by atoms with Crippen LogP contribution in [0.1, 0.15) is 12.8 Å². The van der Waals surface area contributed by atoms with Crippen molar-refractivity contribution in [3.8, 4) is 6.01 Å². The summed E-state index contributed by atoms with van der Waals surface area (Å²) in [7, 11) is 0. The van der Waals surface area contributed by atoms with Gasteiger partial charge in [0.25, 0.3) is 0 Å². The summed E-state index contributed by atoms with van der Waals surface area (Å²) in [4.78, 5) is 10.5. The van der Waals surface area contributed by atoms with Crippen molar-refractivity contribution in [2.75, 3.05) is 24.6 Å². The third kappa shape index (κ3) is 3.43. The van der Waals surface area contributed by atoms with Gasteiger partial charge in [-0.25, -0.2) is 9.97 Å². The van der Waals surface area contributed by atoms with Gasteiger partial charge in [-0.2, -0.15) is 0 Å². The Balaban J connectivity index is 1.54. The van der Waals surface area contributed by atoms with Crippen molar-refractivity contribution in [2.24, 2.45) is 5.92 Å². The van der Waals surface area contributed by atoms with Gasteiger partial charge in [0, 0.05) is 31.4 Å². The highest BCUT2D eigenvalue weighted by Crippen LogP contribution is 2.24. The van der Waals surface area contributed by atoms with Crippen molar-refractivity contribution in [2.45, 2.75) is 12.8 Å². The number of ether oxygens (including phenoxy) is 1. The van der Waals surface area contributed by atoms with Crippen LogP contribution in [0.15, 0.2) is 22.4 Å². The zero-order chi connectivity index (χ0) is 13.8. The summed E-state index contributed by atoms with van der Waals surface area (Å²) in [6, 6.07) is 0.432. The minimum atomic E-state index is 0.432. The van der Waals surface area contributed by atoms with Crippen LogP contribution in [0.25, 0.3) is 0 Å². The second kappa shape index (κ2) is 6.45. The van der Waals surface area contributed by atoms with Crippen molar-refractivity contribution >= 4 is 32.4 Å². The van der Waals surface area contributed by atoms with Gasteiger partial charge in [-0.05, 0) is 28.8 Å². The maximum absolute atomic E-state index is 5.66. The molecule has 3 rings (SSSR count). The standard InChI is InChI=1S/C12H14BrN5OS/c13-10-4-14-11(15-5-10)19-7-9-2-1-3-18(6-9)12-17-16-8-20-12/h4-5,8-9H,1-3,6-7H2. The Morgan fingerprint density at radius 3 is 3.00 bits per heavy atom. The molecule has 106 valence electrons. The Bertz CT molecular complexity index is 535. The second-order valence-electron chi connectivity index (χ2n) is 4.67. The Morgan fingerprint density at radius 2 is 2.25 bits per heavy atom. The normalized spacial score (nSPS) is 19.1. The van der Waals surface area contributed by atoms with Gasteiger partial charge in [0.05, 0.1) is 11.1 Å². The fraction of sp³-hybridized carbons (Fsp3) is 0.500. The van der Waals surface area contributed by atoms with E-state index in [9.17, 15) is 0 Å². The van der Waals surface area contributed by atoms with Gasteiger partial charge in [-0.3, -0.25) is 0 Å². The zero-order valence-corrected chi connectivity index (χ0v) is 13.2. The summed E-state index contributed by atoms with van der Waals surface area (Å²) in [5, 5.41) is 9.02. The topological polar surface area (TPSA) is 64.0 Å². The molecule has 0 amide bonds. The molecule has 20 heavy (non-hydrogen) atoms. The van der Waals surface area contributed by atoms with Gasteiger partial charge < -0.3 is 9.64 Å². The lowest BCUT2D eigenvalue weighted by molar-refractivity contribution is 0.214. The number of rotatable bonds is 4. The largest absolute Gasteiger partial charge is 0.463 e. The van der Waals surface area contributed by atoms with Crippen molar-refractivity contribution in [3.63, 3.8) is 0 Å². The molecule has 2 aromatic rings. The minimum Gasteiger partial charge on any atom is -0.463 e. The molecule has 0 aromatic carbocycles. The highest BCUT2D eigenvalue weighted by Gasteiger charge is 2.22. The quantitative estimate of drug-likeness (QED) is 0.838.